The first-order chi connectivity index (χ1) is 8.60. The standard InChI is InChI=1S/C12H11N3O2S/c1-2-11-13-10(7-12(18)14-11)8-4-3-5-9(6-8)15(16)17/h3-7H,2H2,1H3,(H,13,14,18). The lowest BCUT2D eigenvalue weighted by Gasteiger charge is -2.04. The number of hydrogen-bond donors (Lipinski definition) is 1. The third-order valence-electron chi connectivity index (χ3n) is 2.49. The van der Waals surface area contributed by atoms with Gasteiger partial charge in [0.2, 0.25) is 0 Å². The predicted molar refractivity (Wildman–Crippen MR) is 70.9 cm³/mol. The Morgan fingerprint density at radius 2 is 2.22 bits per heavy atom. The second-order valence-electron chi connectivity index (χ2n) is 3.74. The topological polar surface area (TPSA) is 71.8 Å². The number of nitro groups is 1. The van der Waals surface area contributed by atoms with Crippen molar-refractivity contribution < 1.29 is 4.92 Å². The van der Waals surface area contributed by atoms with Gasteiger partial charge in [0.1, 0.15) is 10.5 Å². The number of rotatable bonds is 3. The van der Waals surface area contributed by atoms with E-state index < -0.39 is 4.92 Å². The van der Waals surface area contributed by atoms with Crippen molar-refractivity contribution in [3.8, 4) is 11.3 Å². The van der Waals surface area contributed by atoms with Gasteiger partial charge in [0.25, 0.3) is 5.69 Å². The number of H-pyrrole nitrogens is 1. The van der Waals surface area contributed by atoms with E-state index in [1.54, 1.807) is 18.2 Å². The molecule has 1 aromatic heterocycles. The number of benzene rings is 1. The van der Waals surface area contributed by atoms with Crippen molar-refractivity contribution in [2.75, 3.05) is 0 Å². The summed E-state index contributed by atoms with van der Waals surface area (Å²) in [6.07, 6.45) is 0.729. The molecule has 2 aromatic rings. The Bertz CT molecular complexity index is 652. The smallest absolute Gasteiger partial charge is 0.270 e. The molecule has 0 saturated carbocycles. The molecular weight excluding hydrogens is 250 g/mol. The quantitative estimate of drug-likeness (QED) is 0.523. The van der Waals surface area contributed by atoms with Gasteiger partial charge in [-0.3, -0.25) is 10.1 Å². The Kier molecular flexibility index (Phi) is 3.47. The molecule has 0 aliphatic rings. The monoisotopic (exact) mass is 261 g/mol. The number of nitrogens with one attached hydrogen (secondary N) is 1. The van der Waals surface area contributed by atoms with E-state index in [9.17, 15) is 10.1 Å². The van der Waals surface area contributed by atoms with Gasteiger partial charge in [-0.05, 0) is 6.07 Å². The molecule has 92 valence electrons. The summed E-state index contributed by atoms with van der Waals surface area (Å²) in [5.74, 6) is 0.768. The molecule has 0 spiro atoms. The zero-order valence-electron chi connectivity index (χ0n) is 9.71. The van der Waals surface area contributed by atoms with Crippen molar-refractivity contribution in [1.29, 1.82) is 0 Å². The molecule has 1 aromatic carbocycles. The lowest BCUT2D eigenvalue weighted by Crippen LogP contribution is -1.96. The Morgan fingerprint density at radius 3 is 2.89 bits per heavy atom. The van der Waals surface area contributed by atoms with Gasteiger partial charge >= 0.3 is 0 Å². The summed E-state index contributed by atoms with van der Waals surface area (Å²) in [6.45, 7) is 1.96. The molecule has 2 rings (SSSR count). The van der Waals surface area contributed by atoms with Crippen molar-refractivity contribution in [1.82, 2.24) is 9.97 Å². The molecule has 0 fully saturated rings. The minimum Gasteiger partial charge on any atom is -0.343 e. The van der Waals surface area contributed by atoms with Crippen LogP contribution in [-0.4, -0.2) is 14.9 Å². The number of aromatic nitrogens is 2. The molecule has 1 N–H and O–H groups in total. The van der Waals surface area contributed by atoms with Crippen molar-refractivity contribution in [2.24, 2.45) is 0 Å². The average Bonchev–Trinajstić information content (AvgIpc) is 2.38. The number of nitro benzene ring substituents is 1. The lowest BCUT2D eigenvalue weighted by atomic mass is 10.1. The van der Waals surface area contributed by atoms with Crippen molar-refractivity contribution in [2.45, 2.75) is 13.3 Å². The Labute approximate surface area is 109 Å². The van der Waals surface area contributed by atoms with Crippen molar-refractivity contribution >= 4 is 17.9 Å². The third-order valence-corrected chi connectivity index (χ3v) is 2.70. The van der Waals surface area contributed by atoms with Crippen LogP contribution in [0.15, 0.2) is 30.3 Å². The van der Waals surface area contributed by atoms with Crippen molar-refractivity contribution in [3.05, 3.63) is 50.9 Å². The summed E-state index contributed by atoms with van der Waals surface area (Å²) in [4.78, 5) is 17.6. The first kappa shape index (κ1) is 12.4. The van der Waals surface area contributed by atoms with Crippen LogP contribution in [0.1, 0.15) is 12.7 Å². The molecule has 0 aliphatic carbocycles. The van der Waals surface area contributed by atoms with Gasteiger partial charge < -0.3 is 4.98 Å². The summed E-state index contributed by atoms with van der Waals surface area (Å²) in [6, 6.07) is 8.12. The normalized spacial score (nSPS) is 10.3. The van der Waals surface area contributed by atoms with Gasteiger partial charge in [0, 0.05) is 29.8 Å². The van der Waals surface area contributed by atoms with E-state index in [1.165, 1.54) is 12.1 Å². The van der Waals surface area contributed by atoms with Crippen molar-refractivity contribution in [3.63, 3.8) is 0 Å². The van der Waals surface area contributed by atoms with E-state index >= 15 is 0 Å². The number of non-ortho nitro benzene ring substituents is 1. The molecule has 0 unspecified atom stereocenters. The Hall–Kier alpha value is -2.08. The molecule has 5 nitrogen and oxygen atoms in total. The second-order valence-corrected chi connectivity index (χ2v) is 4.16. The average molecular weight is 261 g/mol. The minimum absolute atomic E-state index is 0.0571. The number of nitrogens with zero attached hydrogens (tertiary/aromatic N) is 2. The Morgan fingerprint density at radius 1 is 1.44 bits per heavy atom. The highest BCUT2D eigenvalue weighted by atomic mass is 32.1. The summed E-state index contributed by atoms with van der Waals surface area (Å²) in [5.41, 5.74) is 1.53. The summed E-state index contributed by atoms with van der Waals surface area (Å²) < 4.78 is 0.479. The van der Waals surface area contributed by atoms with Crippen LogP contribution < -0.4 is 0 Å². The molecule has 0 atom stereocenters. The highest BCUT2D eigenvalue weighted by molar-refractivity contribution is 7.71. The molecule has 1 heterocycles. The van der Waals surface area contributed by atoms with Gasteiger partial charge in [-0.25, -0.2) is 4.98 Å². The van der Waals surface area contributed by atoms with E-state index in [4.69, 9.17) is 12.2 Å². The lowest BCUT2D eigenvalue weighted by molar-refractivity contribution is -0.384. The SMILES string of the molecule is CCc1nc(=S)cc(-c2cccc([N+](=O)[O-])c2)[nH]1. The van der Waals surface area contributed by atoms with E-state index in [0.29, 0.717) is 4.64 Å². The van der Waals surface area contributed by atoms with Crippen LogP contribution in [0, 0.1) is 14.8 Å². The zero-order chi connectivity index (χ0) is 13.1. The van der Waals surface area contributed by atoms with Gasteiger partial charge in [-0.1, -0.05) is 31.3 Å². The van der Waals surface area contributed by atoms with Gasteiger partial charge in [0.05, 0.1) is 4.92 Å². The molecular formula is C12H11N3O2S. The van der Waals surface area contributed by atoms with E-state index in [-0.39, 0.29) is 5.69 Å². The van der Waals surface area contributed by atoms with Crippen LogP contribution in [0.4, 0.5) is 5.69 Å². The fraction of sp³-hybridized carbons (Fsp3) is 0.167. The van der Waals surface area contributed by atoms with Crippen LogP contribution in [0.25, 0.3) is 11.3 Å². The highest BCUT2D eigenvalue weighted by Crippen LogP contribution is 2.22. The van der Waals surface area contributed by atoms with E-state index in [0.717, 1.165) is 23.5 Å². The van der Waals surface area contributed by atoms with Crippen LogP contribution in [-0.2, 0) is 6.42 Å². The fourth-order valence-corrected chi connectivity index (χ4v) is 1.85. The predicted octanol–water partition coefficient (Wildman–Crippen LogP) is 3.28. The molecule has 0 aliphatic heterocycles. The summed E-state index contributed by atoms with van der Waals surface area (Å²) in [7, 11) is 0. The fourth-order valence-electron chi connectivity index (χ4n) is 1.62. The highest BCUT2D eigenvalue weighted by Gasteiger charge is 2.08. The summed E-state index contributed by atoms with van der Waals surface area (Å²) in [5, 5.41) is 10.7. The van der Waals surface area contributed by atoms with Crippen LogP contribution in [0.2, 0.25) is 0 Å². The van der Waals surface area contributed by atoms with Crippen LogP contribution in [0.5, 0.6) is 0 Å². The van der Waals surface area contributed by atoms with Gasteiger partial charge in [0.15, 0.2) is 0 Å². The number of aryl methyl sites for hydroxylation is 1. The second kappa shape index (κ2) is 5.05. The van der Waals surface area contributed by atoms with Crippen LogP contribution in [0.3, 0.4) is 0 Å². The molecule has 6 heteroatoms. The van der Waals surface area contributed by atoms with E-state index in [1.807, 2.05) is 6.92 Å². The maximum absolute atomic E-state index is 10.7. The maximum atomic E-state index is 10.7. The molecule has 0 amide bonds. The number of hydrogen-bond acceptors (Lipinski definition) is 4. The van der Waals surface area contributed by atoms with E-state index in [2.05, 4.69) is 9.97 Å². The maximum Gasteiger partial charge on any atom is 0.270 e. The van der Waals surface area contributed by atoms with Gasteiger partial charge in [-0.15, -0.1) is 0 Å². The Balaban J connectivity index is 2.54. The van der Waals surface area contributed by atoms with Gasteiger partial charge in [-0.2, -0.15) is 0 Å². The molecule has 18 heavy (non-hydrogen) atoms. The largest absolute Gasteiger partial charge is 0.343 e. The zero-order valence-corrected chi connectivity index (χ0v) is 10.5. The minimum atomic E-state index is -0.417. The third kappa shape index (κ3) is 2.60. The first-order valence-electron chi connectivity index (χ1n) is 5.45. The van der Waals surface area contributed by atoms with Crippen LogP contribution >= 0.6 is 12.2 Å². The number of aromatic amines is 1. The molecule has 0 saturated heterocycles. The first-order valence-corrected chi connectivity index (χ1v) is 5.86. The molecule has 0 bridgehead atoms. The molecule has 0 radical (unpaired) electrons. The summed E-state index contributed by atoms with van der Waals surface area (Å²) >= 11 is 5.07.